The van der Waals surface area contributed by atoms with Crippen molar-refractivity contribution in [3.8, 4) is 0 Å². The van der Waals surface area contributed by atoms with Crippen LogP contribution < -0.4 is 11.1 Å². The van der Waals surface area contributed by atoms with Gasteiger partial charge >= 0.3 is 0 Å². The number of nitro groups is 1. The van der Waals surface area contributed by atoms with E-state index in [0.29, 0.717) is 12.2 Å². The summed E-state index contributed by atoms with van der Waals surface area (Å²) in [5.74, 6) is -0.432. The van der Waals surface area contributed by atoms with Gasteiger partial charge in [0, 0.05) is 19.7 Å². The summed E-state index contributed by atoms with van der Waals surface area (Å²) >= 11 is 0. The Bertz CT molecular complexity index is 462. The average molecular weight is 252 g/mol. The van der Waals surface area contributed by atoms with Gasteiger partial charge in [-0.1, -0.05) is 6.07 Å². The van der Waals surface area contributed by atoms with E-state index in [2.05, 4.69) is 5.32 Å². The van der Waals surface area contributed by atoms with Crippen LogP contribution in [-0.4, -0.2) is 36.4 Å². The molecule has 3 N–H and O–H groups in total. The third kappa shape index (κ3) is 3.70. The summed E-state index contributed by atoms with van der Waals surface area (Å²) in [6.07, 6.45) is 0. The zero-order valence-electron chi connectivity index (χ0n) is 10.3. The second-order valence-electron chi connectivity index (χ2n) is 4.00. The first-order valence-corrected chi connectivity index (χ1v) is 5.36. The van der Waals surface area contributed by atoms with Crippen LogP contribution in [0.15, 0.2) is 18.2 Å². The molecule has 0 unspecified atom stereocenters. The van der Waals surface area contributed by atoms with Gasteiger partial charge in [-0.2, -0.15) is 0 Å². The first-order chi connectivity index (χ1) is 8.43. The van der Waals surface area contributed by atoms with Crippen molar-refractivity contribution in [1.82, 2.24) is 4.90 Å². The molecule has 0 atom stereocenters. The van der Waals surface area contributed by atoms with Gasteiger partial charge in [-0.15, -0.1) is 0 Å². The molecule has 18 heavy (non-hydrogen) atoms. The van der Waals surface area contributed by atoms with E-state index in [0.717, 1.165) is 5.56 Å². The third-order valence-electron chi connectivity index (χ3n) is 2.41. The number of likely N-dealkylation sites (N-methyl/N-ethyl adjacent to an activating group) is 1. The van der Waals surface area contributed by atoms with Crippen LogP contribution in [0.3, 0.4) is 0 Å². The molecular weight excluding hydrogens is 236 g/mol. The van der Waals surface area contributed by atoms with E-state index >= 15 is 0 Å². The van der Waals surface area contributed by atoms with Gasteiger partial charge in [0.25, 0.3) is 5.69 Å². The monoisotopic (exact) mass is 252 g/mol. The molecular formula is C11H16N4O3. The highest BCUT2D eigenvalue weighted by Gasteiger charge is 2.14. The number of anilines is 1. The Morgan fingerprint density at radius 3 is 2.72 bits per heavy atom. The van der Waals surface area contributed by atoms with Gasteiger partial charge in [-0.25, -0.2) is 0 Å². The molecule has 7 heteroatoms. The van der Waals surface area contributed by atoms with E-state index in [1.165, 1.54) is 6.07 Å². The van der Waals surface area contributed by atoms with Crippen LogP contribution in [0.25, 0.3) is 0 Å². The highest BCUT2D eigenvalue weighted by molar-refractivity contribution is 5.75. The molecule has 0 heterocycles. The molecule has 7 nitrogen and oxygen atoms in total. The highest BCUT2D eigenvalue weighted by Crippen LogP contribution is 2.25. The Balaban J connectivity index is 2.88. The molecule has 0 bridgehead atoms. The molecule has 1 aromatic carbocycles. The van der Waals surface area contributed by atoms with E-state index in [1.807, 2.05) is 0 Å². The summed E-state index contributed by atoms with van der Waals surface area (Å²) < 4.78 is 0. The van der Waals surface area contributed by atoms with Crippen LogP contribution >= 0.6 is 0 Å². The van der Waals surface area contributed by atoms with Gasteiger partial charge < -0.3 is 11.1 Å². The summed E-state index contributed by atoms with van der Waals surface area (Å²) in [4.78, 5) is 22.9. The first-order valence-electron chi connectivity index (χ1n) is 5.36. The second-order valence-corrected chi connectivity index (χ2v) is 4.00. The Kier molecular flexibility index (Phi) is 4.61. The number of amides is 1. The Hall–Kier alpha value is -2.15. The standard InChI is InChI=1S/C11H16N4O3/c1-13-9-4-3-8(5-10(9)15(17)18)6-14(2)7-11(12)16/h3-5,13H,6-7H2,1-2H3,(H2,12,16). The second kappa shape index (κ2) is 5.97. The maximum Gasteiger partial charge on any atom is 0.292 e. The van der Waals surface area contributed by atoms with Crippen molar-refractivity contribution in [2.45, 2.75) is 6.54 Å². The average Bonchev–Trinajstić information content (AvgIpc) is 2.27. The molecule has 1 rings (SSSR count). The lowest BCUT2D eigenvalue weighted by Gasteiger charge is -2.14. The number of hydrogen-bond acceptors (Lipinski definition) is 5. The van der Waals surface area contributed by atoms with Crippen molar-refractivity contribution in [3.05, 3.63) is 33.9 Å². The maximum atomic E-state index is 10.9. The Labute approximate surface area is 105 Å². The number of nitro benzene ring substituents is 1. The summed E-state index contributed by atoms with van der Waals surface area (Å²) in [6.45, 7) is 0.537. The number of primary amides is 1. The topological polar surface area (TPSA) is 102 Å². The molecule has 0 saturated heterocycles. The van der Waals surface area contributed by atoms with Gasteiger partial charge in [-0.05, 0) is 18.7 Å². The SMILES string of the molecule is CNc1ccc(CN(C)CC(N)=O)cc1[N+](=O)[O-]. The molecule has 0 aromatic heterocycles. The molecule has 1 aromatic rings. The van der Waals surface area contributed by atoms with Gasteiger partial charge in [-0.3, -0.25) is 19.8 Å². The number of rotatable bonds is 6. The number of nitrogens with zero attached hydrogens (tertiary/aromatic N) is 2. The highest BCUT2D eigenvalue weighted by atomic mass is 16.6. The summed E-state index contributed by atoms with van der Waals surface area (Å²) in [7, 11) is 3.35. The van der Waals surface area contributed by atoms with Crippen LogP contribution in [0.1, 0.15) is 5.56 Å². The van der Waals surface area contributed by atoms with Gasteiger partial charge in [0.1, 0.15) is 5.69 Å². The Morgan fingerprint density at radius 1 is 1.56 bits per heavy atom. The van der Waals surface area contributed by atoms with Crippen molar-refractivity contribution in [3.63, 3.8) is 0 Å². The van der Waals surface area contributed by atoms with Crippen LogP contribution in [0, 0.1) is 10.1 Å². The minimum atomic E-state index is -0.441. The fourth-order valence-electron chi connectivity index (χ4n) is 1.67. The number of nitrogens with one attached hydrogen (secondary N) is 1. The maximum absolute atomic E-state index is 10.9. The molecule has 1 amide bonds. The van der Waals surface area contributed by atoms with Crippen LogP contribution in [0.2, 0.25) is 0 Å². The van der Waals surface area contributed by atoms with E-state index in [-0.39, 0.29) is 12.2 Å². The van der Waals surface area contributed by atoms with E-state index < -0.39 is 10.8 Å². The Morgan fingerprint density at radius 2 is 2.22 bits per heavy atom. The smallest absolute Gasteiger partial charge is 0.292 e. The van der Waals surface area contributed by atoms with Crippen molar-refractivity contribution in [2.24, 2.45) is 5.73 Å². The zero-order valence-corrected chi connectivity index (χ0v) is 10.3. The molecule has 0 aliphatic rings. The summed E-state index contributed by atoms with van der Waals surface area (Å²) in [6, 6.07) is 4.91. The third-order valence-corrected chi connectivity index (χ3v) is 2.41. The molecule has 0 aliphatic carbocycles. The van der Waals surface area contributed by atoms with E-state index in [1.54, 1.807) is 31.1 Å². The van der Waals surface area contributed by atoms with E-state index in [9.17, 15) is 14.9 Å². The predicted octanol–water partition coefficient (Wildman–Crippen LogP) is 0.554. The van der Waals surface area contributed by atoms with E-state index in [4.69, 9.17) is 5.73 Å². The van der Waals surface area contributed by atoms with Crippen molar-refractivity contribution in [2.75, 3.05) is 26.0 Å². The number of carbonyl (C=O) groups is 1. The molecule has 0 spiro atoms. The normalized spacial score (nSPS) is 10.4. The largest absolute Gasteiger partial charge is 0.383 e. The van der Waals surface area contributed by atoms with Crippen LogP contribution in [0.4, 0.5) is 11.4 Å². The fourth-order valence-corrected chi connectivity index (χ4v) is 1.67. The van der Waals surface area contributed by atoms with Crippen molar-refractivity contribution < 1.29 is 9.72 Å². The van der Waals surface area contributed by atoms with Crippen LogP contribution in [0.5, 0.6) is 0 Å². The molecule has 0 radical (unpaired) electrons. The minimum absolute atomic E-state index is 0.0162. The molecule has 0 aliphatic heterocycles. The number of nitrogens with two attached hydrogens (primary N) is 1. The fraction of sp³-hybridized carbons (Fsp3) is 0.364. The lowest BCUT2D eigenvalue weighted by Crippen LogP contribution is -2.30. The van der Waals surface area contributed by atoms with Gasteiger partial charge in [0.15, 0.2) is 0 Å². The van der Waals surface area contributed by atoms with Crippen molar-refractivity contribution >= 4 is 17.3 Å². The van der Waals surface area contributed by atoms with Gasteiger partial charge in [0.05, 0.1) is 11.5 Å². The summed E-state index contributed by atoms with van der Waals surface area (Å²) in [5.41, 5.74) is 6.30. The number of carbonyl (C=O) groups excluding carboxylic acids is 1. The van der Waals surface area contributed by atoms with Gasteiger partial charge in [0.2, 0.25) is 5.91 Å². The minimum Gasteiger partial charge on any atom is -0.383 e. The molecule has 0 saturated carbocycles. The quantitative estimate of drug-likeness (QED) is 0.568. The predicted molar refractivity (Wildman–Crippen MR) is 68.2 cm³/mol. The van der Waals surface area contributed by atoms with Crippen molar-refractivity contribution in [1.29, 1.82) is 0 Å². The molecule has 98 valence electrons. The van der Waals surface area contributed by atoms with Crippen LogP contribution in [-0.2, 0) is 11.3 Å². The lowest BCUT2D eigenvalue weighted by molar-refractivity contribution is -0.384. The lowest BCUT2D eigenvalue weighted by atomic mass is 10.1. The summed E-state index contributed by atoms with van der Waals surface area (Å²) in [5, 5.41) is 13.6. The number of benzene rings is 1. The molecule has 0 fully saturated rings. The zero-order chi connectivity index (χ0) is 13.7. The number of hydrogen-bond donors (Lipinski definition) is 2. The first kappa shape index (κ1) is 13.9.